The molecule has 1 fully saturated rings. The zero-order chi connectivity index (χ0) is 27.9. The Hall–Kier alpha value is -4.24. The SMILES string of the molecule is CN(C(=O)C(Cc1ccccc1)NC(=O)CN1CCN(C(=O)c2cccc(F)c2)CC1=O)c1ccc(Cl)cc1. The summed E-state index contributed by atoms with van der Waals surface area (Å²) in [5.41, 5.74) is 1.63. The molecule has 0 spiro atoms. The van der Waals surface area contributed by atoms with Crippen LogP contribution in [0.5, 0.6) is 0 Å². The van der Waals surface area contributed by atoms with Crippen LogP contribution in [0, 0.1) is 5.82 Å². The normalized spacial score (nSPS) is 14.1. The zero-order valence-electron chi connectivity index (χ0n) is 21.3. The summed E-state index contributed by atoms with van der Waals surface area (Å²) < 4.78 is 13.5. The lowest BCUT2D eigenvalue weighted by Crippen LogP contribution is -2.56. The lowest BCUT2D eigenvalue weighted by molar-refractivity contribution is -0.139. The molecule has 4 amide bonds. The van der Waals surface area contributed by atoms with E-state index in [1.807, 2.05) is 30.3 Å². The maximum Gasteiger partial charge on any atom is 0.254 e. The van der Waals surface area contributed by atoms with Crippen molar-refractivity contribution in [2.75, 3.05) is 38.1 Å². The number of nitrogens with one attached hydrogen (secondary N) is 1. The van der Waals surface area contributed by atoms with Crippen LogP contribution < -0.4 is 10.2 Å². The number of halogens is 2. The van der Waals surface area contributed by atoms with Gasteiger partial charge in [0.25, 0.3) is 5.91 Å². The summed E-state index contributed by atoms with van der Waals surface area (Å²) in [7, 11) is 1.62. The molecule has 1 N–H and O–H groups in total. The molecule has 0 bridgehead atoms. The van der Waals surface area contributed by atoms with Crippen LogP contribution in [0.4, 0.5) is 10.1 Å². The first-order valence-electron chi connectivity index (χ1n) is 12.4. The van der Waals surface area contributed by atoms with E-state index >= 15 is 0 Å². The second-order valence-electron chi connectivity index (χ2n) is 9.24. The van der Waals surface area contributed by atoms with Gasteiger partial charge in [-0.2, -0.15) is 0 Å². The van der Waals surface area contributed by atoms with Gasteiger partial charge in [0.1, 0.15) is 18.4 Å². The van der Waals surface area contributed by atoms with E-state index in [1.165, 1.54) is 32.9 Å². The second kappa shape index (κ2) is 12.5. The number of piperazine rings is 1. The maximum atomic E-state index is 13.5. The van der Waals surface area contributed by atoms with Gasteiger partial charge in [-0.15, -0.1) is 0 Å². The highest BCUT2D eigenvalue weighted by atomic mass is 35.5. The Morgan fingerprint density at radius 2 is 1.72 bits per heavy atom. The van der Waals surface area contributed by atoms with E-state index in [1.54, 1.807) is 31.3 Å². The summed E-state index contributed by atoms with van der Waals surface area (Å²) in [5, 5.41) is 3.33. The number of hydrogen-bond acceptors (Lipinski definition) is 4. The molecule has 0 aromatic heterocycles. The van der Waals surface area contributed by atoms with Crippen molar-refractivity contribution in [3.05, 3.63) is 101 Å². The molecule has 1 heterocycles. The average molecular weight is 551 g/mol. The molecule has 202 valence electrons. The topological polar surface area (TPSA) is 90.0 Å². The third-order valence-corrected chi connectivity index (χ3v) is 6.72. The van der Waals surface area contributed by atoms with E-state index in [4.69, 9.17) is 11.6 Å². The van der Waals surface area contributed by atoms with Gasteiger partial charge in [0.15, 0.2) is 0 Å². The lowest BCUT2D eigenvalue weighted by Gasteiger charge is -2.34. The molecule has 1 aliphatic rings. The molecule has 0 radical (unpaired) electrons. The fourth-order valence-corrected chi connectivity index (χ4v) is 4.47. The molecule has 1 aliphatic heterocycles. The van der Waals surface area contributed by atoms with Crippen molar-refractivity contribution < 1.29 is 23.6 Å². The van der Waals surface area contributed by atoms with Crippen LogP contribution in [0.3, 0.4) is 0 Å². The number of carbonyl (C=O) groups excluding carboxylic acids is 4. The van der Waals surface area contributed by atoms with E-state index in [9.17, 15) is 23.6 Å². The highest BCUT2D eigenvalue weighted by Gasteiger charge is 2.31. The van der Waals surface area contributed by atoms with Crippen molar-refractivity contribution in [1.29, 1.82) is 0 Å². The summed E-state index contributed by atoms with van der Waals surface area (Å²) in [6, 6.07) is 20.5. The molecule has 39 heavy (non-hydrogen) atoms. The Morgan fingerprint density at radius 3 is 2.38 bits per heavy atom. The molecule has 10 heteroatoms. The Bertz CT molecular complexity index is 1350. The fourth-order valence-electron chi connectivity index (χ4n) is 4.34. The van der Waals surface area contributed by atoms with Gasteiger partial charge >= 0.3 is 0 Å². The van der Waals surface area contributed by atoms with E-state index in [0.717, 1.165) is 11.6 Å². The Balaban J connectivity index is 1.40. The van der Waals surface area contributed by atoms with Crippen LogP contribution >= 0.6 is 11.6 Å². The van der Waals surface area contributed by atoms with Crippen LogP contribution in [0.2, 0.25) is 5.02 Å². The molecule has 0 saturated carbocycles. The Labute approximate surface area is 230 Å². The highest BCUT2D eigenvalue weighted by molar-refractivity contribution is 6.30. The Morgan fingerprint density at radius 1 is 1.00 bits per heavy atom. The van der Waals surface area contributed by atoms with Crippen molar-refractivity contribution >= 4 is 40.9 Å². The predicted octanol–water partition coefficient (Wildman–Crippen LogP) is 3.15. The van der Waals surface area contributed by atoms with Crippen LogP contribution in [-0.2, 0) is 20.8 Å². The van der Waals surface area contributed by atoms with Gasteiger partial charge in [-0.05, 0) is 48.0 Å². The predicted molar refractivity (Wildman–Crippen MR) is 146 cm³/mol. The number of benzene rings is 3. The molecule has 3 aromatic carbocycles. The number of rotatable bonds is 8. The number of nitrogens with zero attached hydrogens (tertiary/aromatic N) is 3. The van der Waals surface area contributed by atoms with Crippen molar-refractivity contribution in [3.8, 4) is 0 Å². The first kappa shape index (κ1) is 27.8. The summed E-state index contributed by atoms with van der Waals surface area (Å²) in [4.78, 5) is 56.0. The van der Waals surface area contributed by atoms with E-state index in [0.29, 0.717) is 10.7 Å². The van der Waals surface area contributed by atoms with Gasteiger partial charge in [-0.1, -0.05) is 48.0 Å². The minimum atomic E-state index is -0.883. The summed E-state index contributed by atoms with van der Waals surface area (Å²) in [6.45, 7) is -0.159. The lowest BCUT2D eigenvalue weighted by atomic mass is 10.0. The number of amides is 4. The largest absolute Gasteiger partial charge is 0.342 e. The van der Waals surface area contributed by atoms with Crippen molar-refractivity contribution in [2.45, 2.75) is 12.5 Å². The minimum Gasteiger partial charge on any atom is -0.342 e. The molecule has 1 unspecified atom stereocenters. The van der Waals surface area contributed by atoms with Crippen molar-refractivity contribution in [1.82, 2.24) is 15.1 Å². The van der Waals surface area contributed by atoms with Crippen molar-refractivity contribution in [2.24, 2.45) is 0 Å². The maximum absolute atomic E-state index is 13.5. The zero-order valence-corrected chi connectivity index (χ0v) is 22.1. The van der Waals surface area contributed by atoms with Crippen LogP contribution in [0.1, 0.15) is 15.9 Å². The third-order valence-electron chi connectivity index (χ3n) is 6.47. The quantitative estimate of drug-likeness (QED) is 0.466. The standard InChI is InChI=1S/C29H28ClFN4O4/c1-33(24-12-10-22(30)11-13-24)29(39)25(16-20-6-3-2-4-7-20)32-26(36)18-34-14-15-35(19-27(34)37)28(38)21-8-5-9-23(31)17-21/h2-13,17,25H,14-16,18-19H2,1H3,(H,32,36). The smallest absolute Gasteiger partial charge is 0.254 e. The molecule has 8 nitrogen and oxygen atoms in total. The molecule has 1 atom stereocenters. The third kappa shape index (κ3) is 7.20. The van der Waals surface area contributed by atoms with Gasteiger partial charge < -0.3 is 20.0 Å². The number of hydrogen-bond donors (Lipinski definition) is 1. The van der Waals surface area contributed by atoms with E-state index < -0.39 is 29.6 Å². The molecule has 1 saturated heterocycles. The van der Waals surface area contributed by atoms with Gasteiger partial charge in [0, 0.05) is 42.8 Å². The minimum absolute atomic E-state index is 0.134. The molecular weight excluding hydrogens is 523 g/mol. The number of anilines is 1. The average Bonchev–Trinajstić information content (AvgIpc) is 2.93. The Kier molecular flexibility index (Phi) is 8.93. The van der Waals surface area contributed by atoms with Gasteiger partial charge in [-0.3, -0.25) is 19.2 Å². The molecule has 0 aliphatic carbocycles. The van der Waals surface area contributed by atoms with E-state index in [-0.39, 0.29) is 44.1 Å². The summed E-state index contributed by atoms with van der Waals surface area (Å²) in [6.07, 6.45) is 0.257. The van der Waals surface area contributed by atoms with Gasteiger partial charge in [0.2, 0.25) is 17.7 Å². The number of carbonyl (C=O) groups is 4. The van der Waals surface area contributed by atoms with Crippen LogP contribution in [0.25, 0.3) is 0 Å². The molecule has 3 aromatic rings. The first-order chi connectivity index (χ1) is 18.7. The number of likely N-dealkylation sites (N-methyl/N-ethyl adjacent to an activating group) is 1. The van der Waals surface area contributed by atoms with Crippen LogP contribution in [-0.4, -0.2) is 72.7 Å². The summed E-state index contributed by atoms with van der Waals surface area (Å²) >= 11 is 5.97. The van der Waals surface area contributed by atoms with Gasteiger partial charge in [0.05, 0.1) is 6.54 Å². The first-order valence-corrected chi connectivity index (χ1v) is 12.8. The molecule has 4 rings (SSSR count). The van der Waals surface area contributed by atoms with E-state index in [2.05, 4.69) is 5.32 Å². The monoisotopic (exact) mass is 550 g/mol. The molecular formula is C29H28ClFN4O4. The highest BCUT2D eigenvalue weighted by Crippen LogP contribution is 2.18. The van der Waals surface area contributed by atoms with Gasteiger partial charge in [-0.25, -0.2) is 4.39 Å². The second-order valence-corrected chi connectivity index (χ2v) is 9.67. The van der Waals surface area contributed by atoms with Crippen molar-refractivity contribution in [3.63, 3.8) is 0 Å². The fraction of sp³-hybridized carbons (Fsp3) is 0.241. The van der Waals surface area contributed by atoms with Crippen LogP contribution in [0.15, 0.2) is 78.9 Å². The summed E-state index contributed by atoms with van der Waals surface area (Å²) in [5.74, 6) is -2.22.